The van der Waals surface area contributed by atoms with Gasteiger partial charge in [0, 0.05) is 31.2 Å². The lowest BCUT2D eigenvalue weighted by molar-refractivity contribution is 0.100. The second-order valence-electron chi connectivity index (χ2n) is 7.44. The number of likely N-dealkylation sites (N-methyl/N-ethyl adjacent to an activating group) is 1. The van der Waals surface area contributed by atoms with Crippen LogP contribution >= 0.6 is 0 Å². The van der Waals surface area contributed by atoms with E-state index in [9.17, 15) is 4.79 Å². The molecule has 4 nitrogen and oxygen atoms in total. The first-order chi connectivity index (χ1) is 14.1. The zero-order chi connectivity index (χ0) is 20.5. The summed E-state index contributed by atoms with van der Waals surface area (Å²) in [5, 5.41) is 3.60. The lowest BCUT2D eigenvalue weighted by atomic mass is 10.0. The van der Waals surface area contributed by atoms with Crippen LogP contribution in [-0.2, 0) is 19.5 Å². The van der Waals surface area contributed by atoms with Gasteiger partial charge in [-0.15, -0.1) is 0 Å². The molecule has 3 rings (SSSR count). The van der Waals surface area contributed by atoms with E-state index in [2.05, 4.69) is 65.8 Å². The van der Waals surface area contributed by atoms with Gasteiger partial charge in [-0.05, 0) is 42.3 Å². The number of nitrogens with zero attached hydrogens (tertiary/aromatic N) is 1. The second kappa shape index (κ2) is 10.6. The summed E-state index contributed by atoms with van der Waals surface area (Å²) < 4.78 is 0. The molecule has 0 aliphatic rings. The number of carbonyl (C=O) groups excluding carboxylic acids is 1. The summed E-state index contributed by atoms with van der Waals surface area (Å²) in [6.07, 6.45) is 0.893. The third-order valence-corrected chi connectivity index (χ3v) is 5.16. The van der Waals surface area contributed by atoms with Crippen molar-refractivity contribution in [2.75, 3.05) is 13.6 Å². The maximum absolute atomic E-state index is 11.3. The number of nitrogens with two attached hydrogens (primary N) is 1. The molecule has 0 bridgehead atoms. The highest BCUT2D eigenvalue weighted by atomic mass is 16.1. The van der Waals surface area contributed by atoms with Crippen molar-refractivity contribution in [1.82, 2.24) is 10.2 Å². The van der Waals surface area contributed by atoms with E-state index in [-0.39, 0.29) is 5.91 Å². The molecule has 0 heterocycles. The Morgan fingerprint density at radius 3 is 2.03 bits per heavy atom. The second-order valence-corrected chi connectivity index (χ2v) is 7.44. The Balaban J connectivity index is 1.66. The van der Waals surface area contributed by atoms with Crippen LogP contribution in [0.3, 0.4) is 0 Å². The van der Waals surface area contributed by atoms with Crippen molar-refractivity contribution in [2.45, 2.75) is 25.6 Å². The molecule has 29 heavy (non-hydrogen) atoms. The normalized spacial score (nSPS) is 12.1. The van der Waals surface area contributed by atoms with E-state index in [0.717, 1.165) is 26.1 Å². The highest BCUT2D eigenvalue weighted by Gasteiger charge is 2.16. The highest BCUT2D eigenvalue weighted by molar-refractivity contribution is 5.92. The van der Waals surface area contributed by atoms with E-state index < -0.39 is 0 Å². The number of nitrogens with one attached hydrogen (secondary N) is 1. The molecule has 0 spiro atoms. The molecule has 0 fully saturated rings. The lowest BCUT2D eigenvalue weighted by Crippen LogP contribution is -2.41. The lowest BCUT2D eigenvalue weighted by Gasteiger charge is -2.29. The van der Waals surface area contributed by atoms with Crippen molar-refractivity contribution < 1.29 is 4.79 Å². The minimum Gasteiger partial charge on any atom is -0.366 e. The number of benzene rings is 3. The predicted molar refractivity (Wildman–Crippen MR) is 119 cm³/mol. The van der Waals surface area contributed by atoms with E-state index in [0.29, 0.717) is 11.6 Å². The van der Waals surface area contributed by atoms with Gasteiger partial charge in [-0.3, -0.25) is 9.69 Å². The van der Waals surface area contributed by atoms with E-state index in [4.69, 9.17) is 5.73 Å². The molecule has 3 aromatic carbocycles. The summed E-state index contributed by atoms with van der Waals surface area (Å²) in [4.78, 5) is 13.7. The minimum atomic E-state index is -0.390. The smallest absolute Gasteiger partial charge is 0.248 e. The summed E-state index contributed by atoms with van der Waals surface area (Å²) >= 11 is 0. The van der Waals surface area contributed by atoms with E-state index in [1.807, 2.05) is 36.4 Å². The van der Waals surface area contributed by atoms with Crippen LogP contribution in [0.4, 0.5) is 0 Å². The summed E-state index contributed by atoms with van der Waals surface area (Å²) in [6, 6.07) is 28.9. The van der Waals surface area contributed by atoms with Crippen molar-refractivity contribution >= 4 is 5.91 Å². The zero-order valence-electron chi connectivity index (χ0n) is 16.9. The van der Waals surface area contributed by atoms with Crippen molar-refractivity contribution in [3.63, 3.8) is 0 Å². The van der Waals surface area contributed by atoms with Crippen LogP contribution < -0.4 is 11.1 Å². The van der Waals surface area contributed by atoms with Gasteiger partial charge in [0.15, 0.2) is 0 Å². The van der Waals surface area contributed by atoms with Gasteiger partial charge in [-0.1, -0.05) is 72.8 Å². The molecule has 150 valence electrons. The maximum Gasteiger partial charge on any atom is 0.248 e. The first-order valence-electron chi connectivity index (χ1n) is 9.99. The van der Waals surface area contributed by atoms with Gasteiger partial charge in [-0.25, -0.2) is 0 Å². The highest BCUT2D eigenvalue weighted by Crippen LogP contribution is 2.13. The molecule has 0 saturated heterocycles. The summed E-state index contributed by atoms with van der Waals surface area (Å²) in [5.74, 6) is -0.390. The third-order valence-electron chi connectivity index (χ3n) is 5.16. The van der Waals surface area contributed by atoms with E-state index in [1.165, 1.54) is 16.7 Å². The number of primary amides is 1. The van der Waals surface area contributed by atoms with E-state index in [1.54, 1.807) is 0 Å². The van der Waals surface area contributed by atoms with Crippen LogP contribution in [0.25, 0.3) is 0 Å². The molecule has 0 unspecified atom stereocenters. The largest absolute Gasteiger partial charge is 0.366 e. The molecule has 1 amide bonds. The molecule has 4 heteroatoms. The maximum atomic E-state index is 11.3. The Morgan fingerprint density at radius 1 is 0.862 bits per heavy atom. The van der Waals surface area contributed by atoms with Crippen LogP contribution in [0, 0.1) is 0 Å². The Labute approximate surface area is 173 Å². The molecule has 3 aromatic rings. The summed E-state index contributed by atoms with van der Waals surface area (Å²) in [5.41, 5.74) is 9.68. The fraction of sp³-hybridized carbons (Fsp3) is 0.240. The Kier molecular flexibility index (Phi) is 7.56. The molecular formula is C25H29N3O. The van der Waals surface area contributed by atoms with Crippen molar-refractivity contribution in [3.8, 4) is 0 Å². The topological polar surface area (TPSA) is 58.4 Å². The molecule has 0 aliphatic heterocycles. The minimum absolute atomic E-state index is 0.318. The number of carbonyl (C=O) groups is 1. The van der Waals surface area contributed by atoms with Gasteiger partial charge in [0.1, 0.15) is 0 Å². The summed E-state index contributed by atoms with van der Waals surface area (Å²) in [7, 11) is 2.17. The van der Waals surface area contributed by atoms with Crippen molar-refractivity contribution in [3.05, 3.63) is 107 Å². The fourth-order valence-corrected chi connectivity index (χ4v) is 3.44. The number of rotatable bonds is 10. The van der Waals surface area contributed by atoms with Gasteiger partial charge in [0.2, 0.25) is 5.91 Å². The van der Waals surface area contributed by atoms with Gasteiger partial charge in [0.25, 0.3) is 0 Å². The Bertz CT molecular complexity index is 879. The van der Waals surface area contributed by atoms with Crippen molar-refractivity contribution in [2.24, 2.45) is 5.73 Å². The molecule has 0 saturated carbocycles. The molecule has 1 atom stereocenters. The zero-order valence-corrected chi connectivity index (χ0v) is 16.9. The molecule has 0 aliphatic carbocycles. The van der Waals surface area contributed by atoms with Crippen LogP contribution in [0.15, 0.2) is 84.9 Å². The monoisotopic (exact) mass is 387 g/mol. The predicted octanol–water partition coefficient (Wildman–Crippen LogP) is 3.62. The molecule has 3 N–H and O–H groups in total. The standard InChI is InChI=1S/C25H29N3O/c1-28(19-22-10-6-3-7-11-22)24(18-27-17-21-8-4-2-5-9-21)16-20-12-14-23(15-13-20)25(26)29/h2-15,24,27H,16-19H2,1H3,(H2,26,29)/t24-/m0/s1. The number of amides is 1. The van der Waals surface area contributed by atoms with Crippen LogP contribution in [-0.4, -0.2) is 30.4 Å². The van der Waals surface area contributed by atoms with Gasteiger partial charge >= 0.3 is 0 Å². The SMILES string of the molecule is CN(Cc1ccccc1)[C@H](CNCc1ccccc1)Cc1ccc(C(N)=O)cc1. The number of hydrogen-bond donors (Lipinski definition) is 2. The van der Waals surface area contributed by atoms with Gasteiger partial charge in [0.05, 0.1) is 0 Å². The summed E-state index contributed by atoms with van der Waals surface area (Å²) in [6.45, 7) is 2.60. The Morgan fingerprint density at radius 2 is 1.45 bits per heavy atom. The van der Waals surface area contributed by atoms with Gasteiger partial charge in [-0.2, -0.15) is 0 Å². The van der Waals surface area contributed by atoms with Crippen LogP contribution in [0.5, 0.6) is 0 Å². The first-order valence-corrected chi connectivity index (χ1v) is 9.99. The fourth-order valence-electron chi connectivity index (χ4n) is 3.44. The van der Waals surface area contributed by atoms with Crippen LogP contribution in [0.1, 0.15) is 27.0 Å². The number of hydrogen-bond acceptors (Lipinski definition) is 3. The molecular weight excluding hydrogens is 358 g/mol. The van der Waals surface area contributed by atoms with Crippen LogP contribution in [0.2, 0.25) is 0 Å². The third kappa shape index (κ3) is 6.56. The molecule has 0 aromatic heterocycles. The van der Waals surface area contributed by atoms with Crippen molar-refractivity contribution in [1.29, 1.82) is 0 Å². The Hall–Kier alpha value is -2.95. The quantitative estimate of drug-likeness (QED) is 0.559. The average molecular weight is 388 g/mol. The first kappa shape index (κ1) is 20.8. The average Bonchev–Trinajstić information content (AvgIpc) is 2.75. The molecule has 0 radical (unpaired) electrons. The van der Waals surface area contributed by atoms with Gasteiger partial charge < -0.3 is 11.1 Å². The van der Waals surface area contributed by atoms with E-state index >= 15 is 0 Å².